The summed E-state index contributed by atoms with van der Waals surface area (Å²) in [6, 6.07) is 1.13. The maximum atomic E-state index is 12.2. The number of methoxy groups -OCH3 is 1. The Labute approximate surface area is 141 Å². The monoisotopic (exact) mass is 325 g/mol. The number of carbonyl (C=O) groups is 1. The highest BCUT2D eigenvalue weighted by Gasteiger charge is 2.33. The fourth-order valence-corrected chi connectivity index (χ4v) is 3.76. The molecule has 1 aliphatic heterocycles. The normalized spacial score (nSPS) is 27.8. The molecule has 2 N–H and O–H groups in total. The van der Waals surface area contributed by atoms with Crippen LogP contribution in [0.25, 0.3) is 0 Å². The molecule has 134 valence electrons. The van der Waals surface area contributed by atoms with Crippen molar-refractivity contribution < 1.29 is 9.53 Å². The lowest BCUT2D eigenvalue weighted by Gasteiger charge is -2.23. The lowest BCUT2D eigenvalue weighted by molar-refractivity contribution is -0.121. The standard InChI is InChI=1S/C18H35N3O2/c1-14(2)21-12-16(17(13-21)23-3)19-11-18(22)20-15-9-7-5-4-6-8-10-15/h14-17,19H,4-13H2,1-3H3,(H,20,22)/t16-,17-/m1/s1. The molecular weight excluding hydrogens is 290 g/mol. The van der Waals surface area contributed by atoms with Crippen molar-refractivity contribution in [2.24, 2.45) is 0 Å². The minimum Gasteiger partial charge on any atom is -0.378 e. The Balaban J connectivity index is 1.72. The summed E-state index contributed by atoms with van der Waals surface area (Å²) in [6.07, 6.45) is 8.92. The second-order valence-corrected chi connectivity index (χ2v) is 7.42. The molecule has 0 aromatic carbocycles. The summed E-state index contributed by atoms with van der Waals surface area (Å²) in [5.74, 6) is 0.133. The Kier molecular flexibility index (Phi) is 7.80. The number of carbonyl (C=O) groups excluding carboxylic acids is 1. The largest absolute Gasteiger partial charge is 0.378 e. The van der Waals surface area contributed by atoms with E-state index in [-0.39, 0.29) is 18.1 Å². The van der Waals surface area contributed by atoms with E-state index in [2.05, 4.69) is 29.4 Å². The summed E-state index contributed by atoms with van der Waals surface area (Å²) in [5, 5.41) is 6.63. The molecule has 0 unspecified atom stereocenters. The van der Waals surface area contributed by atoms with Gasteiger partial charge in [-0.05, 0) is 26.7 Å². The Morgan fingerprint density at radius 3 is 2.39 bits per heavy atom. The summed E-state index contributed by atoms with van der Waals surface area (Å²) in [6.45, 7) is 6.70. The minimum absolute atomic E-state index is 0.133. The summed E-state index contributed by atoms with van der Waals surface area (Å²) in [5.41, 5.74) is 0. The van der Waals surface area contributed by atoms with Crippen molar-refractivity contribution >= 4 is 5.91 Å². The van der Waals surface area contributed by atoms with Crippen LogP contribution in [0.1, 0.15) is 58.8 Å². The van der Waals surface area contributed by atoms with Crippen LogP contribution in [-0.2, 0) is 9.53 Å². The molecule has 1 amide bonds. The number of hydrogen-bond donors (Lipinski definition) is 2. The molecule has 1 aliphatic carbocycles. The van der Waals surface area contributed by atoms with E-state index in [1.54, 1.807) is 7.11 Å². The van der Waals surface area contributed by atoms with Gasteiger partial charge in [-0.25, -0.2) is 0 Å². The van der Waals surface area contributed by atoms with Crippen LogP contribution in [0.15, 0.2) is 0 Å². The van der Waals surface area contributed by atoms with Crippen LogP contribution in [0.3, 0.4) is 0 Å². The van der Waals surface area contributed by atoms with E-state index in [0.717, 1.165) is 25.9 Å². The predicted molar refractivity (Wildman–Crippen MR) is 93.5 cm³/mol. The zero-order valence-corrected chi connectivity index (χ0v) is 15.1. The first-order valence-corrected chi connectivity index (χ1v) is 9.39. The third-order valence-corrected chi connectivity index (χ3v) is 5.32. The van der Waals surface area contributed by atoms with Crippen LogP contribution >= 0.6 is 0 Å². The smallest absolute Gasteiger partial charge is 0.234 e. The molecule has 0 bridgehead atoms. The predicted octanol–water partition coefficient (Wildman–Crippen LogP) is 1.91. The van der Waals surface area contributed by atoms with Crippen molar-refractivity contribution in [2.45, 2.75) is 83.0 Å². The fraction of sp³-hybridized carbons (Fsp3) is 0.944. The second-order valence-electron chi connectivity index (χ2n) is 7.42. The summed E-state index contributed by atoms with van der Waals surface area (Å²) >= 11 is 0. The van der Waals surface area contributed by atoms with Crippen molar-refractivity contribution in [3.63, 3.8) is 0 Å². The maximum Gasteiger partial charge on any atom is 0.234 e. The quantitative estimate of drug-likeness (QED) is 0.783. The van der Waals surface area contributed by atoms with Crippen molar-refractivity contribution in [1.82, 2.24) is 15.5 Å². The van der Waals surface area contributed by atoms with Gasteiger partial charge in [0.05, 0.1) is 12.6 Å². The highest BCUT2D eigenvalue weighted by atomic mass is 16.5. The minimum atomic E-state index is 0.133. The van der Waals surface area contributed by atoms with E-state index in [1.165, 1.54) is 32.1 Å². The van der Waals surface area contributed by atoms with Gasteiger partial charge in [0, 0.05) is 38.3 Å². The van der Waals surface area contributed by atoms with Crippen molar-refractivity contribution in [3.8, 4) is 0 Å². The fourth-order valence-electron chi connectivity index (χ4n) is 3.76. The molecule has 0 spiro atoms. The lowest BCUT2D eigenvalue weighted by Crippen LogP contribution is -2.47. The molecule has 2 aliphatic rings. The number of likely N-dealkylation sites (tertiary alicyclic amines) is 1. The van der Waals surface area contributed by atoms with Gasteiger partial charge < -0.3 is 15.4 Å². The number of nitrogens with zero attached hydrogens (tertiary/aromatic N) is 1. The second kappa shape index (κ2) is 9.60. The molecule has 23 heavy (non-hydrogen) atoms. The summed E-state index contributed by atoms with van der Waals surface area (Å²) in [7, 11) is 1.76. The van der Waals surface area contributed by atoms with Gasteiger partial charge in [0.2, 0.25) is 5.91 Å². The van der Waals surface area contributed by atoms with Crippen LogP contribution in [-0.4, -0.2) is 61.8 Å². The molecule has 0 aromatic rings. The Morgan fingerprint density at radius 2 is 1.78 bits per heavy atom. The van der Waals surface area contributed by atoms with Gasteiger partial charge in [-0.1, -0.05) is 32.1 Å². The SMILES string of the molecule is CO[C@@H]1CN(C(C)C)C[C@H]1NCC(=O)NC1CCCCCCC1. The van der Waals surface area contributed by atoms with Gasteiger partial charge >= 0.3 is 0 Å². The third kappa shape index (κ3) is 6.05. The number of hydrogen-bond acceptors (Lipinski definition) is 4. The Hall–Kier alpha value is -0.650. The maximum absolute atomic E-state index is 12.2. The molecule has 0 aromatic heterocycles. The third-order valence-electron chi connectivity index (χ3n) is 5.32. The van der Waals surface area contributed by atoms with E-state index < -0.39 is 0 Å². The molecule has 2 fully saturated rings. The molecule has 5 nitrogen and oxygen atoms in total. The lowest BCUT2D eigenvalue weighted by atomic mass is 9.97. The number of rotatable bonds is 6. The topological polar surface area (TPSA) is 53.6 Å². The highest BCUT2D eigenvalue weighted by Crippen LogP contribution is 2.17. The van der Waals surface area contributed by atoms with Crippen LogP contribution in [0, 0.1) is 0 Å². The molecule has 1 saturated carbocycles. The molecule has 2 rings (SSSR count). The molecular formula is C18H35N3O2. The van der Waals surface area contributed by atoms with E-state index in [0.29, 0.717) is 18.6 Å². The molecule has 0 radical (unpaired) electrons. The first-order chi connectivity index (χ1) is 11.1. The Bertz CT molecular complexity index is 354. The highest BCUT2D eigenvalue weighted by molar-refractivity contribution is 5.78. The van der Waals surface area contributed by atoms with E-state index >= 15 is 0 Å². The van der Waals surface area contributed by atoms with Gasteiger partial charge in [-0.3, -0.25) is 9.69 Å². The van der Waals surface area contributed by atoms with Crippen LogP contribution in [0.5, 0.6) is 0 Å². The number of nitrogens with one attached hydrogen (secondary N) is 2. The van der Waals surface area contributed by atoms with Crippen LogP contribution in [0.4, 0.5) is 0 Å². The number of ether oxygens (including phenoxy) is 1. The first-order valence-electron chi connectivity index (χ1n) is 9.39. The molecule has 2 atom stereocenters. The summed E-state index contributed by atoms with van der Waals surface area (Å²) < 4.78 is 5.58. The molecule has 5 heteroatoms. The van der Waals surface area contributed by atoms with Crippen LogP contribution < -0.4 is 10.6 Å². The zero-order valence-electron chi connectivity index (χ0n) is 15.1. The summed E-state index contributed by atoms with van der Waals surface area (Å²) in [4.78, 5) is 14.6. The van der Waals surface area contributed by atoms with Gasteiger partial charge in [0.15, 0.2) is 0 Å². The molecule has 1 heterocycles. The van der Waals surface area contributed by atoms with Crippen molar-refractivity contribution in [1.29, 1.82) is 0 Å². The zero-order chi connectivity index (χ0) is 16.7. The average molecular weight is 325 g/mol. The van der Waals surface area contributed by atoms with Gasteiger partial charge in [-0.2, -0.15) is 0 Å². The van der Waals surface area contributed by atoms with E-state index in [1.807, 2.05) is 0 Å². The van der Waals surface area contributed by atoms with E-state index in [4.69, 9.17) is 4.74 Å². The van der Waals surface area contributed by atoms with Crippen LogP contribution in [0.2, 0.25) is 0 Å². The average Bonchev–Trinajstić information content (AvgIpc) is 2.91. The van der Waals surface area contributed by atoms with E-state index in [9.17, 15) is 4.79 Å². The van der Waals surface area contributed by atoms with Gasteiger partial charge in [0.25, 0.3) is 0 Å². The van der Waals surface area contributed by atoms with Crippen molar-refractivity contribution in [3.05, 3.63) is 0 Å². The Morgan fingerprint density at radius 1 is 1.13 bits per heavy atom. The first kappa shape index (κ1) is 18.7. The van der Waals surface area contributed by atoms with Crippen molar-refractivity contribution in [2.75, 3.05) is 26.7 Å². The van der Waals surface area contributed by atoms with Gasteiger partial charge in [0.1, 0.15) is 0 Å². The van der Waals surface area contributed by atoms with Gasteiger partial charge in [-0.15, -0.1) is 0 Å². The number of amides is 1. The molecule has 1 saturated heterocycles.